The summed E-state index contributed by atoms with van der Waals surface area (Å²) in [6, 6.07) is 8.31. The first-order valence-corrected chi connectivity index (χ1v) is 10.7. The SMILES string of the molecule is O=C(c1oc(-c2ccccn2)nc1C(F)F)N1CCc2[nH]cnc2[C@H]1c1cc2c(F)cccn2n1. The van der Waals surface area contributed by atoms with Gasteiger partial charge in [0, 0.05) is 31.1 Å². The van der Waals surface area contributed by atoms with E-state index in [4.69, 9.17) is 4.42 Å². The lowest BCUT2D eigenvalue weighted by atomic mass is 9.99. The number of nitrogens with one attached hydrogen (secondary N) is 1. The lowest BCUT2D eigenvalue weighted by Crippen LogP contribution is -2.41. The van der Waals surface area contributed by atoms with Crippen molar-refractivity contribution in [2.45, 2.75) is 18.9 Å². The van der Waals surface area contributed by atoms with Gasteiger partial charge in [0.15, 0.2) is 5.69 Å². The van der Waals surface area contributed by atoms with Crippen molar-refractivity contribution in [3.8, 4) is 11.6 Å². The summed E-state index contributed by atoms with van der Waals surface area (Å²) in [6.07, 6.45) is 1.88. The smallest absolute Gasteiger partial charge is 0.292 e. The van der Waals surface area contributed by atoms with Gasteiger partial charge in [0.05, 0.1) is 17.7 Å². The molecule has 1 aliphatic heterocycles. The molecule has 1 amide bonds. The first-order valence-electron chi connectivity index (χ1n) is 10.7. The molecule has 0 aliphatic carbocycles. The number of H-pyrrole nitrogens is 1. The second-order valence-corrected chi connectivity index (χ2v) is 7.92. The molecule has 0 radical (unpaired) electrons. The van der Waals surface area contributed by atoms with Crippen molar-refractivity contribution in [2.24, 2.45) is 0 Å². The molecule has 0 saturated carbocycles. The van der Waals surface area contributed by atoms with Crippen LogP contribution in [0.5, 0.6) is 0 Å². The van der Waals surface area contributed by atoms with Crippen LogP contribution in [-0.4, -0.2) is 46.9 Å². The number of oxazole rings is 1. The van der Waals surface area contributed by atoms with Gasteiger partial charge < -0.3 is 14.3 Å². The third-order valence-corrected chi connectivity index (χ3v) is 5.87. The predicted octanol–water partition coefficient (Wildman–Crippen LogP) is 3.97. The average Bonchev–Trinajstić information content (AvgIpc) is 3.61. The van der Waals surface area contributed by atoms with Gasteiger partial charge in [0.1, 0.15) is 23.1 Å². The number of imidazole rings is 1. The molecule has 1 N–H and O–H groups in total. The Morgan fingerprint density at radius 1 is 1.20 bits per heavy atom. The van der Waals surface area contributed by atoms with E-state index in [0.717, 1.165) is 5.69 Å². The molecule has 0 unspecified atom stereocenters. The van der Waals surface area contributed by atoms with E-state index in [0.29, 0.717) is 17.8 Å². The Labute approximate surface area is 195 Å². The first kappa shape index (κ1) is 21.1. The van der Waals surface area contributed by atoms with Crippen molar-refractivity contribution in [1.82, 2.24) is 34.4 Å². The normalized spacial score (nSPS) is 15.7. The molecule has 0 fully saturated rings. The van der Waals surface area contributed by atoms with Crippen molar-refractivity contribution < 1.29 is 22.4 Å². The Morgan fingerprint density at radius 3 is 2.86 bits per heavy atom. The van der Waals surface area contributed by atoms with Gasteiger partial charge >= 0.3 is 0 Å². The summed E-state index contributed by atoms with van der Waals surface area (Å²) >= 11 is 0. The number of pyridine rings is 2. The number of carbonyl (C=O) groups is 1. The van der Waals surface area contributed by atoms with Crippen LogP contribution < -0.4 is 0 Å². The Hall–Kier alpha value is -4.48. The summed E-state index contributed by atoms with van der Waals surface area (Å²) in [5, 5.41) is 4.44. The van der Waals surface area contributed by atoms with Gasteiger partial charge in [-0.25, -0.2) is 27.7 Å². The molecular weight excluding hydrogens is 463 g/mol. The third-order valence-electron chi connectivity index (χ3n) is 5.87. The fraction of sp³-hybridized carbons (Fsp3) is 0.174. The van der Waals surface area contributed by atoms with Gasteiger partial charge in [-0.1, -0.05) is 6.07 Å². The average molecular weight is 479 g/mol. The molecule has 0 spiro atoms. The van der Waals surface area contributed by atoms with Gasteiger partial charge in [-0.05, 0) is 30.3 Å². The number of aromatic amines is 1. The van der Waals surface area contributed by atoms with Crippen LogP contribution in [0.25, 0.3) is 17.1 Å². The number of aromatic nitrogens is 6. The number of carbonyl (C=O) groups excluding carboxylic acids is 1. The van der Waals surface area contributed by atoms with Crippen LogP contribution in [0.15, 0.2) is 59.5 Å². The quantitative estimate of drug-likeness (QED) is 0.418. The molecule has 5 aromatic heterocycles. The maximum absolute atomic E-state index is 14.4. The highest BCUT2D eigenvalue weighted by atomic mass is 19.3. The molecule has 6 rings (SSSR count). The molecule has 0 aromatic carbocycles. The van der Waals surface area contributed by atoms with E-state index in [9.17, 15) is 18.0 Å². The number of rotatable bonds is 4. The molecule has 0 saturated heterocycles. The van der Waals surface area contributed by atoms with Crippen molar-refractivity contribution in [3.63, 3.8) is 0 Å². The number of hydrogen-bond acceptors (Lipinski definition) is 6. The van der Waals surface area contributed by atoms with E-state index in [1.165, 1.54) is 40.1 Å². The van der Waals surface area contributed by atoms with Crippen LogP contribution in [0.4, 0.5) is 13.2 Å². The summed E-state index contributed by atoms with van der Waals surface area (Å²) < 4.78 is 49.0. The topological polar surface area (TPSA) is 105 Å². The highest BCUT2D eigenvalue weighted by molar-refractivity contribution is 5.93. The van der Waals surface area contributed by atoms with Gasteiger partial charge in [-0.3, -0.25) is 9.78 Å². The Morgan fingerprint density at radius 2 is 2.09 bits per heavy atom. The zero-order valence-electron chi connectivity index (χ0n) is 17.9. The Balaban J connectivity index is 1.46. The summed E-state index contributed by atoms with van der Waals surface area (Å²) in [7, 11) is 0. The van der Waals surface area contributed by atoms with E-state index >= 15 is 0 Å². The lowest BCUT2D eigenvalue weighted by molar-refractivity contribution is 0.0640. The number of fused-ring (bicyclic) bond motifs is 2. The zero-order chi connectivity index (χ0) is 24.1. The minimum Gasteiger partial charge on any atom is -0.429 e. The van der Waals surface area contributed by atoms with Crippen LogP contribution in [0.2, 0.25) is 0 Å². The maximum Gasteiger partial charge on any atom is 0.292 e. The fourth-order valence-electron chi connectivity index (χ4n) is 4.29. The highest BCUT2D eigenvalue weighted by Gasteiger charge is 2.40. The monoisotopic (exact) mass is 479 g/mol. The van der Waals surface area contributed by atoms with Crippen molar-refractivity contribution in [1.29, 1.82) is 0 Å². The second-order valence-electron chi connectivity index (χ2n) is 7.92. The van der Waals surface area contributed by atoms with Crippen LogP contribution in [0.1, 0.15) is 45.8 Å². The number of nitrogens with zero attached hydrogens (tertiary/aromatic N) is 6. The zero-order valence-corrected chi connectivity index (χ0v) is 17.9. The summed E-state index contributed by atoms with van der Waals surface area (Å²) in [4.78, 5) is 30.3. The van der Waals surface area contributed by atoms with E-state index in [-0.39, 0.29) is 23.6 Å². The van der Waals surface area contributed by atoms with Crippen molar-refractivity contribution in [2.75, 3.05) is 6.54 Å². The predicted molar refractivity (Wildman–Crippen MR) is 115 cm³/mol. The fourth-order valence-corrected chi connectivity index (χ4v) is 4.29. The highest BCUT2D eigenvalue weighted by Crippen LogP contribution is 2.36. The minimum atomic E-state index is -3.05. The molecule has 1 aliphatic rings. The maximum atomic E-state index is 14.4. The van der Waals surface area contributed by atoms with Crippen LogP contribution in [0.3, 0.4) is 0 Å². The molecule has 35 heavy (non-hydrogen) atoms. The first-order chi connectivity index (χ1) is 17.0. The van der Waals surface area contributed by atoms with E-state index in [1.807, 2.05) is 0 Å². The lowest BCUT2D eigenvalue weighted by Gasteiger charge is -2.33. The van der Waals surface area contributed by atoms with Crippen LogP contribution in [0, 0.1) is 5.82 Å². The van der Waals surface area contributed by atoms with E-state index < -0.39 is 35.6 Å². The van der Waals surface area contributed by atoms with E-state index in [2.05, 4.69) is 25.0 Å². The summed E-state index contributed by atoms with van der Waals surface area (Å²) in [5.41, 5.74) is 1.26. The summed E-state index contributed by atoms with van der Waals surface area (Å²) in [5.74, 6) is -2.06. The minimum absolute atomic E-state index is 0.164. The van der Waals surface area contributed by atoms with Gasteiger partial charge in [-0.2, -0.15) is 5.10 Å². The molecule has 9 nitrogen and oxygen atoms in total. The Bertz CT molecular complexity index is 1540. The van der Waals surface area contributed by atoms with E-state index in [1.54, 1.807) is 24.4 Å². The number of halogens is 3. The molecule has 0 bridgehead atoms. The van der Waals surface area contributed by atoms with Gasteiger partial charge in [-0.15, -0.1) is 0 Å². The molecule has 176 valence electrons. The van der Waals surface area contributed by atoms with Gasteiger partial charge in [0.2, 0.25) is 11.7 Å². The standard InChI is InChI=1S/C23H16F3N7O2/c24-12-4-3-8-33-16(12)10-15(31-33)19-17-13(28-11-29-17)6-9-32(19)23(34)20-18(21(25)26)30-22(35-20)14-5-1-2-7-27-14/h1-5,7-8,10-11,19,21H,6,9H2,(H,28,29)/t19-/m1/s1. The number of hydrogen-bond donors (Lipinski definition) is 1. The number of alkyl halides is 2. The number of amides is 1. The summed E-state index contributed by atoms with van der Waals surface area (Å²) in [6.45, 7) is 0.164. The van der Waals surface area contributed by atoms with Crippen LogP contribution in [-0.2, 0) is 6.42 Å². The third kappa shape index (κ3) is 3.45. The second kappa shape index (κ2) is 8.08. The molecule has 12 heteroatoms. The molecule has 5 aromatic rings. The van der Waals surface area contributed by atoms with Crippen molar-refractivity contribution in [3.05, 3.63) is 89.5 Å². The van der Waals surface area contributed by atoms with Gasteiger partial charge in [0.25, 0.3) is 12.3 Å². The molecule has 6 heterocycles. The van der Waals surface area contributed by atoms with Crippen molar-refractivity contribution >= 4 is 11.4 Å². The largest absolute Gasteiger partial charge is 0.429 e. The molecular formula is C23H16F3N7O2. The molecule has 1 atom stereocenters. The Kier molecular flexibility index (Phi) is 4.87. The van der Waals surface area contributed by atoms with Crippen LogP contribution >= 0.6 is 0 Å².